The highest BCUT2D eigenvalue weighted by atomic mass is 14.8. The quantitative estimate of drug-likeness (QED) is 0.791. The summed E-state index contributed by atoms with van der Waals surface area (Å²) in [4.78, 5) is 0. The Morgan fingerprint density at radius 2 is 1.73 bits per heavy atom. The van der Waals surface area contributed by atoms with Crippen LogP contribution in [0.2, 0.25) is 0 Å². The minimum absolute atomic E-state index is 0.604. The van der Waals surface area contributed by atoms with E-state index in [2.05, 4.69) is 51.2 Å². The Hall–Kier alpha value is -0.820. The zero-order valence-electron chi connectivity index (χ0n) is 10.6. The van der Waals surface area contributed by atoms with E-state index in [1.807, 2.05) is 7.05 Å². The van der Waals surface area contributed by atoms with E-state index in [4.69, 9.17) is 0 Å². The normalized spacial score (nSPS) is 11.4. The molecular formula is C14H23N. The molecule has 1 nitrogen and oxygen atoms in total. The van der Waals surface area contributed by atoms with Crippen LogP contribution < -0.4 is 5.32 Å². The van der Waals surface area contributed by atoms with E-state index in [-0.39, 0.29) is 0 Å². The van der Waals surface area contributed by atoms with Crippen molar-refractivity contribution >= 4 is 0 Å². The summed E-state index contributed by atoms with van der Waals surface area (Å²) < 4.78 is 0. The Bertz CT molecular complexity index is 313. The topological polar surface area (TPSA) is 12.0 Å². The molecule has 0 saturated heterocycles. The predicted octanol–water partition coefficient (Wildman–Crippen LogP) is 3.65. The Kier molecular flexibility index (Phi) is 4.34. The van der Waals surface area contributed by atoms with Crippen molar-refractivity contribution in [2.24, 2.45) is 0 Å². The predicted molar refractivity (Wildman–Crippen MR) is 67.4 cm³/mol. The summed E-state index contributed by atoms with van der Waals surface area (Å²) in [6.07, 6.45) is 0. The average Bonchev–Trinajstić information content (AvgIpc) is 2.18. The van der Waals surface area contributed by atoms with Gasteiger partial charge in [0, 0.05) is 6.54 Å². The van der Waals surface area contributed by atoms with Crippen molar-refractivity contribution in [3.05, 3.63) is 34.9 Å². The van der Waals surface area contributed by atoms with Crippen LogP contribution >= 0.6 is 0 Å². The second-order valence-corrected chi connectivity index (χ2v) is 4.80. The molecule has 15 heavy (non-hydrogen) atoms. The Morgan fingerprint density at radius 3 is 2.20 bits per heavy atom. The monoisotopic (exact) mass is 205 g/mol. The van der Waals surface area contributed by atoms with Crippen LogP contribution in [0.5, 0.6) is 0 Å². The van der Waals surface area contributed by atoms with Crippen molar-refractivity contribution in [3.8, 4) is 0 Å². The first-order valence-corrected chi connectivity index (χ1v) is 5.83. The second-order valence-electron chi connectivity index (χ2n) is 4.80. The molecule has 84 valence electrons. The van der Waals surface area contributed by atoms with Gasteiger partial charge in [-0.2, -0.15) is 0 Å². The van der Waals surface area contributed by atoms with Crippen LogP contribution in [-0.4, -0.2) is 7.05 Å². The molecule has 0 heterocycles. The molecule has 0 spiro atoms. The van der Waals surface area contributed by atoms with Gasteiger partial charge in [0.1, 0.15) is 0 Å². The summed E-state index contributed by atoms with van der Waals surface area (Å²) in [5.41, 5.74) is 4.35. The number of rotatable bonds is 4. The molecule has 1 aromatic carbocycles. The van der Waals surface area contributed by atoms with Gasteiger partial charge in [-0.05, 0) is 35.6 Å². The fraction of sp³-hybridized carbons (Fsp3) is 0.571. The summed E-state index contributed by atoms with van der Waals surface area (Å²) in [6.45, 7) is 9.98. The van der Waals surface area contributed by atoms with Crippen LogP contribution in [0.25, 0.3) is 0 Å². The fourth-order valence-electron chi connectivity index (χ4n) is 1.86. The molecule has 0 amide bonds. The van der Waals surface area contributed by atoms with E-state index in [9.17, 15) is 0 Å². The molecule has 0 atom stereocenters. The molecule has 0 aliphatic rings. The molecule has 1 aromatic rings. The second kappa shape index (κ2) is 5.32. The Balaban J connectivity index is 3.09. The van der Waals surface area contributed by atoms with Gasteiger partial charge in [0.05, 0.1) is 0 Å². The van der Waals surface area contributed by atoms with Crippen LogP contribution in [-0.2, 0) is 6.54 Å². The first kappa shape index (κ1) is 12.3. The Labute approximate surface area is 93.9 Å². The van der Waals surface area contributed by atoms with Gasteiger partial charge in [0.15, 0.2) is 0 Å². The smallest absolute Gasteiger partial charge is 0.0205 e. The van der Waals surface area contributed by atoms with Crippen molar-refractivity contribution < 1.29 is 0 Å². The third-order valence-electron chi connectivity index (χ3n) is 2.83. The van der Waals surface area contributed by atoms with Gasteiger partial charge in [-0.3, -0.25) is 0 Å². The minimum Gasteiger partial charge on any atom is -0.316 e. The van der Waals surface area contributed by atoms with Gasteiger partial charge in [-0.25, -0.2) is 0 Å². The molecule has 1 heteroatoms. The van der Waals surface area contributed by atoms with Gasteiger partial charge in [-0.1, -0.05) is 45.9 Å². The summed E-state index contributed by atoms with van der Waals surface area (Å²) in [5.74, 6) is 1.22. The molecule has 0 radical (unpaired) electrons. The molecule has 0 aliphatic heterocycles. The van der Waals surface area contributed by atoms with E-state index in [0.29, 0.717) is 11.8 Å². The lowest BCUT2D eigenvalue weighted by Crippen LogP contribution is -2.09. The van der Waals surface area contributed by atoms with Gasteiger partial charge in [0.2, 0.25) is 0 Å². The molecule has 1 N–H and O–H groups in total. The van der Waals surface area contributed by atoms with Gasteiger partial charge >= 0.3 is 0 Å². The van der Waals surface area contributed by atoms with Crippen LogP contribution in [0.1, 0.15) is 56.2 Å². The molecule has 0 aliphatic carbocycles. The van der Waals surface area contributed by atoms with Crippen LogP contribution in [0, 0.1) is 0 Å². The maximum atomic E-state index is 3.23. The fourth-order valence-corrected chi connectivity index (χ4v) is 1.86. The highest BCUT2D eigenvalue weighted by molar-refractivity contribution is 5.35. The maximum Gasteiger partial charge on any atom is 0.0205 e. The molecule has 1 rings (SSSR count). The van der Waals surface area contributed by atoms with E-state index < -0.39 is 0 Å². The van der Waals surface area contributed by atoms with Crippen LogP contribution in [0.4, 0.5) is 0 Å². The summed E-state index contributed by atoms with van der Waals surface area (Å²) in [7, 11) is 2.00. The number of nitrogens with one attached hydrogen (secondary N) is 1. The van der Waals surface area contributed by atoms with Crippen molar-refractivity contribution in [1.29, 1.82) is 0 Å². The lowest BCUT2D eigenvalue weighted by molar-refractivity contribution is 0.767. The largest absolute Gasteiger partial charge is 0.316 e. The van der Waals surface area contributed by atoms with E-state index >= 15 is 0 Å². The highest BCUT2D eigenvalue weighted by Gasteiger charge is 2.08. The van der Waals surface area contributed by atoms with E-state index in [1.54, 1.807) is 0 Å². The van der Waals surface area contributed by atoms with Crippen molar-refractivity contribution in [2.75, 3.05) is 7.05 Å². The minimum atomic E-state index is 0.604. The molecular weight excluding hydrogens is 182 g/mol. The molecule has 0 aromatic heterocycles. The summed E-state index contributed by atoms with van der Waals surface area (Å²) in [5, 5.41) is 3.23. The number of benzene rings is 1. The van der Waals surface area contributed by atoms with Gasteiger partial charge < -0.3 is 5.32 Å². The average molecular weight is 205 g/mol. The maximum absolute atomic E-state index is 3.23. The first-order chi connectivity index (χ1) is 7.06. The van der Waals surface area contributed by atoms with Crippen molar-refractivity contribution in [2.45, 2.75) is 46.1 Å². The van der Waals surface area contributed by atoms with Crippen molar-refractivity contribution in [3.63, 3.8) is 0 Å². The zero-order valence-corrected chi connectivity index (χ0v) is 10.6. The summed E-state index contributed by atoms with van der Waals surface area (Å²) >= 11 is 0. The van der Waals surface area contributed by atoms with Gasteiger partial charge in [-0.15, -0.1) is 0 Å². The van der Waals surface area contributed by atoms with Crippen molar-refractivity contribution in [1.82, 2.24) is 5.32 Å². The molecule has 0 saturated carbocycles. The molecule has 0 bridgehead atoms. The SMILES string of the molecule is CNCc1ccc(C(C)C)cc1C(C)C. The molecule has 0 unspecified atom stereocenters. The lowest BCUT2D eigenvalue weighted by atomic mass is 9.91. The third-order valence-corrected chi connectivity index (χ3v) is 2.83. The highest BCUT2D eigenvalue weighted by Crippen LogP contribution is 2.24. The van der Waals surface area contributed by atoms with E-state index in [1.165, 1.54) is 16.7 Å². The van der Waals surface area contributed by atoms with Gasteiger partial charge in [0.25, 0.3) is 0 Å². The Morgan fingerprint density at radius 1 is 1.07 bits per heavy atom. The lowest BCUT2D eigenvalue weighted by Gasteiger charge is -2.16. The van der Waals surface area contributed by atoms with Crippen LogP contribution in [0.15, 0.2) is 18.2 Å². The standard InChI is InChI=1S/C14H23N/c1-10(2)12-6-7-13(9-15-5)14(8-12)11(3)4/h6-8,10-11,15H,9H2,1-5H3. The zero-order chi connectivity index (χ0) is 11.4. The van der Waals surface area contributed by atoms with Crippen LogP contribution in [0.3, 0.4) is 0 Å². The van der Waals surface area contributed by atoms with E-state index in [0.717, 1.165) is 6.54 Å². The first-order valence-electron chi connectivity index (χ1n) is 5.83. The third kappa shape index (κ3) is 3.07. The number of hydrogen-bond donors (Lipinski definition) is 1. The number of hydrogen-bond acceptors (Lipinski definition) is 1. The summed E-state index contributed by atoms with van der Waals surface area (Å²) in [6, 6.07) is 6.88. The molecule has 0 fully saturated rings.